The van der Waals surface area contributed by atoms with Crippen LogP contribution in [0.15, 0.2) is 156 Å². The zero-order valence-corrected chi connectivity index (χ0v) is 26.7. The molecule has 1 unspecified atom stereocenters. The van der Waals surface area contributed by atoms with Gasteiger partial charge in [-0.1, -0.05) is 119 Å². The molecule has 0 spiro atoms. The minimum absolute atomic E-state index is 0.490. The maximum Gasteiger partial charge on any atom is 0.0400 e. The van der Waals surface area contributed by atoms with Crippen molar-refractivity contribution in [3.63, 3.8) is 0 Å². The SMILES string of the molecule is C=C1C=CN/C(=C\C2=C\C=CCC(=C)C/C=C/C=C(C(/C=C/CCCCCCN)=C/CC(C)/C=C\CCC)\C=C/N2)C=C1. The van der Waals surface area contributed by atoms with E-state index in [-0.39, 0.29) is 0 Å². The van der Waals surface area contributed by atoms with Crippen molar-refractivity contribution in [2.24, 2.45) is 11.7 Å². The van der Waals surface area contributed by atoms with Crippen molar-refractivity contribution in [3.05, 3.63) is 156 Å². The molecule has 230 valence electrons. The monoisotopic (exact) mass is 577 g/mol. The van der Waals surface area contributed by atoms with Crippen LogP contribution < -0.4 is 16.4 Å². The molecule has 3 nitrogen and oxygen atoms in total. The molecule has 2 heterocycles. The van der Waals surface area contributed by atoms with Gasteiger partial charge in [0.15, 0.2) is 0 Å². The van der Waals surface area contributed by atoms with Crippen LogP contribution >= 0.6 is 0 Å². The molecule has 2 rings (SSSR count). The summed E-state index contributed by atoms with van der Waals surface area (Å²) in [4.78, 5) is 0. The van der Waals surface area contributed by atoms with E-state index < -0.39 is 0 Å². The van der Waals surface area contributed by atoms with Gasteiger partial charge < -0.3 is 16.4 Å². The van der Waals surface area contributed by atoms with Crippen LogP contribution in [0.2, 0.25) is 0 Å². The Morgan fingerprint density at radius 3 is 2.47 bits per heavy atom. The summed E-state index contributed by atoms with van der Waals surface area (Å²) in [6, 6.07) is 0. The third-order valence-corrected chi connectivity index (χ3v) is 7.07. The van der Waals surface area contributed by atoms with Crippen LogP contribution in [0.3, 0.4) is 0 Å². The van der Waals surface area contributed by atoms with Gasteiger partial charge in [0.2, 0.25) is 0 Å². The number of allylic oxidation sites excluding steroid dienone is 20. The number of hydrogen-bond donors (Lipinski definition) is 3. The number of nitrogens with one attached hydrogen (secondary N) is 2. The molecule has 2 aliphatic heterocycles. The lowest BCUT2D eigenvalue weighted by atomic mass is 9.98. The van der Waals surface area contributed by atoms with E-state index in [1.165, 1.54) is 42.4 Å². The normalized spacial score (nSPS) is 22.4. The van der Waals surface area contributed by atoms with Crippen molar-refractivity contribution in [3.8, 4) is 0 Å². The van der Waals surface area contributed by atoms with E-state index in [4.69, 9.17) is 5.73 Å². The van der Waals surface area contributed by atoms with E-state index in [0.717, 1.165) is 62.0 Å². The van der Waals surface area contributed by atoms with Crippen LogP contribution in [0.25, 0.3) is 0 Å². The first-order valence-corrected chi connectivity index (χ1v) is 16.1. The van der Waals surface area contributed by atoms with Gasteiger partial charge >= 0.3 is 0 Å². The molecule has 0 saturated heterocycles. The summed E-state index contributed by atoms with van der Waals surface area (Å²) in [7, 11) is 0. The lowest BCUT2D eigenvalue weighted by Gasteiger charge is -2.09. The van der Waals surface area contributed by atoms with Crippen LogP contribution in [-0.4, -0.2) is 6.54 Å². The average molecular weight is 578 g/mol. The quantitative estimate of drug-likeness (QED) is 0.109. The van der Waals surface area contributed by atoms with Gasteiger partial charge in [0.05, 0.1) is 0 Å². The molecule has 0 bridgehead atoms. The summed E-state index contributed by atoms with van der Waals surface area (Å²) in [6.45, 7) is 13.6. The van der Waals surface area contributed by atoms with Crippen LogP contribution in [0.1, 0.15) is 78.1 Å². The van der Waals surface area contributed by atoms with Gasteiger partial charge in [-0.05, 0) is 105 Å². The fourth-order valence-corrected chi connectivity index (χ4v) is 4.45. The Kier molecular flexibility index (Phi) is 18.7. The highest BCUT2D eigenvalue weighted by molar-refractivity contribution is 5.48. The number of rotatable bonds is 14. The van der Waals surface area contributed by atoms with E-state index in [1.807, 2.05) is 30.6 Å². The van der Waals surface area contributed by atoms with Crippen LogP contribution in [-0.2, 0) is 0 Å². The van der Waals surface area contributed by atoms with E-state index in [9.17, 15) is 0 Å². The molecule has 43 heavy (non-hydrogen) atoms. The Hall–Kier alpha value is -3.82. The van der Waals surface area contributed by atoms with Crippen molar-refractivity contribution >= 4 is 0 Å². The predicted octanol–water partition coefficient (Wildman–Crippen LogP) is 10.2. The van der Waals surface area contributed by atoms with Gasteiger partial charge in [-0.2, -0.15) is 0 Å². The Bertz CT molecular complexity index is 1200. The molecule has 0 fully saturated rings. The predicted molar refractivity (Wildman–Crippen MR) is 191 cm³/mol. The highest BCUT2D eigenvalue weighted by atomic mass is 14.9. The highest BCUT2D eigenvalue weighted by Gasteiger charge is 2.03. The lowest BCUT2D eigenvalue weighted by molar-refractivity contribution is 0.652. The van der Waals surface area contributed by atoms with Gasteiger partial charge in [-0.3, -0.25) is 0 Å². The standard InChI is InChI=1S/C40H55N3/c1-5-6-11-18-35(3)24-26-37(21-12-9-7-8-10-17-30-41)38-22-15-13-19-34(2)20-14-16-23-39(43-32-29-38)33-40-27-25-36(4)28-31-42-40/h11-16,18,21-23,25-29,31-33,35,42-43H,2,4-10,17,19-20,24,30,41H2,1,3H3/b15-13+,16-14?,18-11-,21-12+,32-29-,37-26+,38-22+,39-23-,40-33-. The Morgan fingerprint density at radius 1 is 0.907 bits per heavy atom. The van der Waals surface area contributed by atoms with E-state index in [0.29, 0.717) is 5.92 Å². The average Bonchev–Trinajstić information content (AvgIpc) is 3.20. The second-order valence-corrected chi connectivity index (χ2v) is 11.2. The molecule has 0 saturated carbocycles. The molecular weight excluding hydrogens is 522 g/mol. The number of unbranched alkanes of at least 4 members (excludes halogenated alkanes) is 5. The third kappa shape index (κ3) is 17.0. The zero-order valence-electron chi connectivity index (χ0n) is 26.7. The first kappa shape index (κ1) is 35.4. The minimum atomic E-state index is 0.490. The molecule has 2 aliphatic rings. The van der Waals surface area contributed by atoms with Gasteiger partial charge in [-0.25, -0.2) is 0 Å². The topological polar surface area (TPSA) is 50.1 Å². The van der Waals surface area contributed by atoms with Crippen molar-refractivity contribution < 1.29 is 0 Å². The molecule has 0 aromatic carbocycles. The summed E-state index contributed by atoms with van der Waals surface area (Å²) in [5, 5.41) is 6.84. The molecule has 0 aromatic rings. The second-order valence-electron chi connectivity index (χ2n) is 11.2. The Morgan fingerprint density at radius 2 is 1.67 bits per heavy atom. The maximum absolute atomic E-state index is 5.67. The zero-order chi connectivity index (χ0) is 31.0. The summed E-state index contributed by atoms with van der Waals surface area (Å²) in [6.07, 6.45) is 49.7. The first-order valence-electron chi connectivity index (χ1n) is 16.1. The minimum Gasteiger partial charge on any atom is -0.362 e. The van der Waals surface area contributed by atoms with Crippen LogP contribution in [0, 0.1) is 5.92 Å². The lowest BCUT2D eigenvalue weighted by Crippen LogP contribution is -2.07. The van der Waals surface area contributed by atoms with E-state index in [2.05, 4.69) is 117 Å². The summed E-state index contributed by atoms with van der Waals surface area (Å²) < 4.78 is 0. The fourth-order valence-electron chi connectivity index (χ4n) is 4.45. The number of hydrogen-bond acceptors (Lipinski definition) is 3. The highest BCUT2D eigenvalue weighted by Crippen LogP contribution is 2.20. The van der Waals surface area contributed by atoms with Crippen LogP contribution in [0.5, 0.6) is 0 Å². The van der Waals surface area contributed by atoms with Gasteiger partial charge in [0.25, 0.3) is 0 Å². The smallest absolute Gasteiger partial charge is 0.0400 e. The van der Waals surface area contributed by atoms with Gasteiger partial charge in [-0.15, -0.1) is 0 Å². The van der Waals surface area contributed by atoms with Crippen molar-refractivity contribution in [1.82, 2.24) is 10.6 Å². The number of nitrogens with two attached hydrogens (primary N) is 1. The Balaban J connectivity index is 2.37. The largest absolute Gasteiger partial charge is 0.362 e. The van der Waals surface area contributed by atoms with E-state index >= 15 is 0 Å². The summed E-state index contributed by atoms with van der Waals surface area (Å²) in [5.74, 6) is 0.490. The molecule has 1 atom stereocenters. The van der Waals surface area contributed by atoms with E-state index in [1.54, 1.807) is 0 Å². The van der Waals surface area contributed by atoms with Crippen molar-refractivity contribution in [1.29, 1.82) is 0 Å². The Labute approximate surface area is 262 Å². The molecule has 0 amide bonds. The molecule has 0 aromatic heterocycles. The molecule has 0 aliphatic carbocycles. The van der Waals surface area contributed by atoms with Crippen molar-refractivity contribution in [2.75, 3.05) is 6.54 Å². The molecular formula is C40H55N3. The summed E-state index contributed by atoms with van der Waals surface area (Å²) in [5.41, 5.74) is 12.2. The third-order valence-electron chi connectivity index (χ3n) is 7.07. The summed E-state index contributed by atoms with van der Waals surface area (Å²) >= 11 is 0. The molecule has 4 N–H and O–H groups in total. The van der Waals surface area contributed by atoms with Crippen LogP contribution in [0.4, 0.5) is 0 Å². The van der Waals surface area contributed by atoms with Gasteiger partial charge in [0.1, 0.15) is 0 Å². The van der Waals surface area contributed by atoms with Gasteiger partial charge in [0, 0.05) is 23.8 Å². The molecule has 3 heteroatoms. The second kappa shape index (κ2) is 22.7. The fraction of sp³-hybridized carbons (Fsp3) is 0.350. The molecule has 0 radical (unpaired) electrons. The first-order chi connectivity index (χ1) is 21.0. The van der Waals surface area contributed by atoms with Crippen molar-refractivity contribution in [2.45, 2.75) is 78.1 Å². The maximum atomic E-state index is 5.67.